The van der Waals surface area contributed by atoms with E-state index in [2.05, 4.69) is 37.9 Å². The van der Waals surface area contributed by atoms with Crippen molar-refractivity contribution in [1.29, 1.82) is 0 Å². The van der Waals surface area contributed by atoms with Gasteiger partial charge in [-0.3, -0.25) is 0 Å². The molecule has 0 aromatic heterocycles. The minimum atomic E-state index is -0.177. The Morgan fingerprint density at radius 3 is 2.32 bits per heavy atom. The maximum Gasteiger partial charge on any atom is 0.346 e. The van der Waals surface area contributed by atoms with Crippen molar-refractivity contribution >= 4 is 11.9 Å². The van der Waals surface area contributed by atoms with Crippen molar-refractivity contribution in [2.75, 3.05) is 0 Å². The van der Waals surface area contributed by atoms with E-state index >= 15 is 0 Å². The van der Waals surface area contributed by atoms with Crippen molar-refractivity contribution in [3.05, 3.63) is 34.4 Å². The van der Waals surface area contributed by atoms with E-state index in [9.17, 15) is 4.79 Å². The zero-order valence-corrected chi connectivity index (χ0v) is 11.6. The monoisotopic (exact) mass is 257 g/mol. The van der Waals surface area contributed by atoms with Crippen LogP contribution in [0.2, 0.25) is 0 Å². The highest BCUT2D eigenvalue weighted by Gasteiger charge is 2.44. The number of benzene rings is 1. The van der Waals surface area contributed by atoms with Gasteiger partial charge >= 0.3 is 6.03 Å². The predicted molar refractivity (Wildman–Crippen MR) is 75.3 cm³/mol. The summed E-state index contributed by atoms with van der Waals surface area (Å²) >= 11 is 0. The molecule has 0 radical (unpaired) electrons. The number of carbonyl (C=O) groups is 1. The zero-order valence-electron chi connectivity index (χ0n) is 11.6. The first kappa shape index (κ1) is 12.2. The van der Waals surface area contributed by atoms with Gasteiger partial charge in [-0.05, 0) is 50.3 Å². The molecule has 1 aliphatic carbocycles. The molecule has 0 spiro atoms. The number of aliphatic imine (C=N–C) groups is 1. The van der Waals surface area contributed by atoms with Crippen molar-refractivity contribution < 1.29 is 4.79 Å². The van der Waals surface area contributed by atoms with Crippen LogP contribution in [0.4, 0.5) is 4.79 Å². The maximum absolute atomic E-state index is 12.0. The fourth-order valence-electron chi connectivity index (χ4n) is 3.11. The molecule has 1 atom stereocenters. The van der Waals surface area contributed by atoms with Gasteiger partial charge in [-0.15, -0.1) is 0 Å². The van der Waals surface area contributed by atoms with Crippen LogP contribution < -0.4 is 5.73 Å². The molecule has 4 heteroatoms. The van der Waals surface area contributed by atoms with Crippen molar-refractivity contribution in [3.63, 3.8) is 0 Å². The lowest BCUT2D eigenvalue weighted by atomic mass is 9.93. The lowest BCUT2D eigenvalue weighted by Crippen LogP contribution is -2.35. The minimum absolute atomic E-state index is 0.166. The number of aryl methyl sites for hydroxylation is 3. The molecule has 2 aliphatic rings. The third kappa shape index (κ3) is 1.91. The van der Waals surface area contributed by atoms with Crippen LogP contribution in [0.1, 0.15) is 41.1 Å². The number of amidine groups is 1. The lowest BCUT2D eigenvalue weighted by molar-refractivity contribution is 0.203. The van der Waals surface area contributed by atoms with Gasteiger partial charge in [-0.1, -0.05) is 17.7 Å². The third-order valence-electron chi connectivity index (χ3n) is 3.96. The Balaban J connectivity index is 2.10. The average Bonchev–Trinajstić information content (AvgIpc) is 3.06. The summed E-state index contributed by atoms with van der Waals surface area (Å²) in [5.41, 5.74) is 10.8. The van der Waals surface area contributed by atoms with E-state index in [0.29, 0.717) is 11.9 Å². The largest absolute Gasteiger partial charge is 0.385 e. The first-order chi connectivity index (χ1) is 8.99. The van der Waals surface area contributed by atoms with Gasteiger partial charge in [0, 0.05) is 6.04 Å². The van der Waals surface area contributed by atoms with Gasteiger partial charge in [0.1, 0.15) is 11.9 Å². The van der Waals surface area contributed by atoms with E-state index in [-0.39, 0.29) is 12.1 Å². The lowest BCUT2D eigenvalue weighted by Gasteiger charge is -2.27. The van der Waals surface area contributed by atoms with Gasteiger partial charge in [0.25, 0.3) is 0 Å². The Hall–Kier alpha value is -1.84. The molecule has 3 rings (SSSR count). The Morgan fingerprint density at radius 2 is 1.79 bits per heavy atom. The van der Waals surface area contributed by atoms with Gasteiger partial charge < -0.3 is 10.6 Å². The summed E-state index contributed by atoms with van der Waals surface area (Å²) in [6, 6.07) is 4.26. The minimum Gasteiger partial charge on any atom is -0.385 e. The molecule has 19 heavy (non-hydrogen) atoms. The maximum atomic E-state index is 12.0. The Labute approximate surface area is 113 Å². The molecule has 2 N–H and O–H groups in total. The molecule has 1 aromatic rings. The van der Waals surface area contributed by atoms with Crippen LogP contribution in [0.15, 0.2) is 17.1 Å². The van der Waals surface area contributed by atoms with Gasteiger partial charge in [-0.2, -0.15) is 4.99 Å². The van der Waals surface area contributed by atoms with E-state index in [1.165, 1.54) is 16.7 Å². The molecule has 1 heterocycles. The highest BCUT2D eigenvalue weighted by molar-refractivity contribution is 6.03. The normalized spacial score (nSPS) is 22.9. The molecule has 2 amide bonds. The van der Waals surface area contributed by atoms with E-state index in [1.807, 2.05) is 4.90 Å². The molecule has 1 unspecified atom stereocenters. The Bertz CT molecular complexity index is 564. The summed E-state index contributed by atoms with van der Waals surface area (Å²) in [5.74, 6) is 0.437. The molecular formula is C15H19N3O. The number of amides is 2. The second-order valence-corrected chi connectivity index (χ2v) is 5.67. The summed E-state index contributed by atoms with van der Waals surface area (Å²) in [7, 11) is 0. The molecule has 0 bridgehead atoms. The number of hydrogen-bond donors (Lipinski definition) is 1. The van der Waals surface area contributed by atoms with Crippen molar-refractivity contribution in [2.45, 2.75) is 45.7 Å². The first-order valence-electron chi connectivity index (χ1n) is 6.73. The van der Waals surface area contributed by atoms with Crippen molar-refractivity contribution in [2.24, 2.45) is 10.7 Å². The summed E-state index contributed by atoms with van der Waals surface area (Å²) in [6.07, 6.45) is 2.13. The zero-order chi connectivity index (χ0) is 13.7. The molecule has 1 aromatic carbocycles. The topological polar surface area (TPSA) is 58.7 Å². The van der Waals surface area contributed by atoms with Gasteiger partial charge in [-0.25, -0.2) is 4.79 Å². The van der Waals surface area contributed by atoms with Gasteiger partial charge in [0.05, 0.1) is 0 Å². The van der Waals surface area contributed by atoms with Crippen molar-refractivity contribution in [1.82, 2.24) is 4.90 Å². The van der Waals surface area contributed by atoms with Crippen LogP contribution in [-0.2, 0) is 0 Å². The van der Waals surface area contributed by atoms with Gasteiger partial charge in [0.15, 0.2) is 0 Å². The van der Waals surface area contributed by atoms with Gasteiger partial charge in [0.2, 0.25) is 0 Å². The molecule has 0 saturated heterocycles. The number of hydrogen-bond acceptors (Lipinski definition) is 2. The highest BCUT2D eigenvalue weighted by atomic mass is 16.2. The van der Waals surface area contributed by atoms with Crippen LogP contribution >= 0.6 is 0 Å². The molecule has 4 nitrogen and oxygen atoms in total. The van der Waals surface area contributed by atoms with E-state index in [1.54, 1.807) is 0 Å². The van der Waals surface area contributed by atoms with Crippen LogP contribution in [0.3, 0.4) is 0 Å². The number of rotatable bonds is 2. The van der Waals surface area contributed by atoms with E-state index in [0.717, 1.165) is 18.4 Å². The van der Waals surface area contributed by atoms with Crippen molar-refractivity contribution in [3.8, 4) is 0 Å². The second kappa shape index (κ2) is 4.08. The van der Waals surface area contributed by atoms with Crippen LogP contribution in [0, 0.1) is 20.8 Å². The van der Waals surface area contributed by atoms with E-state index in [4.69, 9.17) is 5.73 Å². The molecule has 1 aliphatic heterocycles. The fourth-order valence-corrected chi connectivity index (χ4v) is 3.11. The van der Waals surface area contributed by atoms with Crippen LogP contribution in [0.25, 0.3) is 0 Å². The molecule has 1 saturated carbocycles. The number of nitrogens with zero attached hydrogens (tertiary/aromatic N) is 2. The second-order valence-electron chi connectivity index (χ2n) is 5.67. The Morgan fingerprint density at radius 1 is 1.21 bits per heavy atom. The smallest absolute Gasteiger partial charge is 0.346 e. The summed E-state index contributed by atoms with van der Waals surface area (Å²) in [4.78, 5) is 17.8. The number of carbonyl (C=O) groups excluding carboxylic acids is 1. The third-order valence-corrected chi connectivity index (χ3v) is 3.96. The standard InChI is InChI=1S/C15H19N3O/c1-8-6-9(2)12(10(3)7-8)13-14(16)17-15(19)18(13)11-4-5-11/h6-7,11,13H,4-5H2,1-3H3,(H2,16,17,19). The molecular weight excluding hydrogens is 238 g/mol. The van der Waals surface area contributed by atoms with Crippen LogP contribution in [0.5, 0.6) is 0 Å². The predicted octanol–water partition coefficient (Wildman–Crippen LogP) is 2.61. The quantitative estimate of drug-likeness (QED) is 0.885. The first-order valence-corrected chi connectivity index (χ1v) is 6.73. The highest BCUT2D eigenvalue weighted by Crippen LogP contribution is 2.40. The SMILES string of the molecule is Cc1cc(C)c(C2C(N)=NC(=O)N2C2CC2)c(C)c1. The molecule has 100 valence electrons. The number of urea groups is 1. The number of nitrogens with two attached hydrogens (primary N) is 1. The summed E-state index contributed by atoms with van der Waals surface area (Å²) < 4.78 is 0. The average molecular weight is 257 g/mol. The fraction of sp³-hybridized carbons (Fsp3) is 0.467. The molecule has 1 fully saturated rings. The summed E-state index contributed by atoms with van der Waals surface area (Å²) in [5, 5.41) is 0. The Kier molecular flexibility index (Phi) is 2.62. The summed E-state index contributed by atoms with van der Waals surface area (Å²) in [6.45, 7) is 6.24. The van der Waals surface area contributed by atoms with Crippen LogP contribution in [-0.4, -0.2) is 22.8 Å². The van der Waals surface area contributed by atoms with E-state index < -0.39 is 0 Å².